The van der Waals surface area contributed by atoms with Crippen molar-refractivity contribution in [3.63, 3.8) is 0 Å². The van der Waals surface area contributed by atoms with E-state index in [2.05, 4.69) is 10.6 Å². The normalized spacial score (nSPS) is 10.1. The van der Waals surface area contributed by atoms with Gasteiger partial charge in [-0.25, -0.2) is 0 Å². The summed E-state index contributed by atoms with van der Waals surface area (Å²) < 4.78 is 16.0. The maximum Gasteiger partial charge on any atom is 0.257 e. The van der Waals surface area contributed by atoms with E-state index in [4.69, 9.17) is 25.8 Å². The average molecular weight is 407 g/mol. The number of carbonyl (C=O) groups is 2. The number of nitrogens with one attached hydrogen (secondary N) is 2. The van der Waals surface area contributed by atoms with E-state index in [0.29, 0.717) is 34.4 Å². The van der Waals surface area contributed by atoms with Crippen LogP contribution in [0.5, 0.6) is 17.2 Å². The van der Waals surface area contributed by atoms with Crippen molar-refractivity contribution in [3.05, 3.63) is 52.5 Å². The predicted molar refractivity (Wildman–Crippen MR) is 106 cm³/mol. The summed E-state index contributed by atoms with van der Waals surface area (Å²) in [6.45, 7) is 2.55. The molecule has 2 aromatic carbocycles. The molecule has 0 unspecified atom stereocenters. The molecule has 0 saturated carbocycles. The molecule has 0 aliphatic heterocycles. The fraction of sp³-hybridized carbons (Fsp3) is 0.300. The number of methoxy groups -OCH3 is 2. The summed E-state index contributed by atoms with van der Waals surface area (Å²) in [5.74, 6) is 0.821. The Balaban J connectivity index is 2.02. The van der Waals surface area contributed by atoms with Crippen LogP contribution < -0.4 is 24.8 Å². The third-order valence-electron chi connectivity index (χ3n) is 3.82. The molecule has 8 heteroatoms. The van der Waals surface area contributed by atoms with Crippen LogP contribution in [0, 0.1) is 0 Å². The van der Waals surface area contributed by atoms with Gasteiger partial charge in [0.2, 0.25) is 0 Å². The highest BCUT2D eigenvalue weighted by atomic mass is 35.5. The lowest BCUT2D eigenvalue weighted by Crippen LogP contribution is -2.28. The van der Waals surface area contributed by atoms with E-state index in [1.54, 1.807) is 36.4 Å². The molecule has 7 nitrogen and oxygen atoms in total. The quantitative estimate of drug-likeness (QED) is 0.668. The summed E-state index contributed by atoms with van der Waals surface area (Å²) in [5, 5.41) is 5.97. The first-order valence-electron chi connectivity index (χ1n) is 8.66. The van der Waals surface area contributed by atoms with Crippen LogP contribution in [0.4, 0.5) is 0 Å². The van der Waals surface area contributed by atoms with Crippen LogP contribution in [0.1, 0.15) is 22.8 Å². The van der Waals surface area contributed by atoms with E-state index in [9.17, 15) is 9.59 Å². The van der Waals surface area contributed by atoms with E-state index in [-0.39, 0.29) is 25.0 Å². The number of likely N-dealkylation sites (N-methyl/N-ethyl adjacent to an activating group) is 1. The topological polar surface area (TPSA) is 85.9 Å². The second kappa shape index (κ2) is 10.4. The molecule has 0 aliphatic rings. The van der Waals surface area contributed by atoms with E-state index in [0.717, 1.165) is 5.56 Å². The van der Waals surface area contributed by atoms with E-state index < -0.39 is 0 Å². The van der Waals surface area contributed by atoms with Crippen molar-refractivity contribution in [1.29, 1.82) is 0 Å². The van der Waals surface area contributed by atoms with Crippen molar-refractivity contribution in [2.24, 2.45) is 0 Å². The monoisotopic (exact) mass is 406 g/mol. The molecule has 2 aromatic rings. The highest BCUT2D eigenvalue weighted by Crippen LogP contribution is 2.28. The van der Waals surface area contributed by atoms with Gasteiger partial charge in [-0.05, 0) is 42.8 Å². The van der Waals surface area contributed by atoms with Gasteiger partial charge in [0.25, 0.3) is 11.8 Å². The molecule has 28 heavy (non-hydrogen) atoms. The maximum absolute atomic E-state index is 12.4. The summed E-state index contributed by atoms with van der Waals surface area (Å²) in [6, 6.07) is 10.0. The Morgan fingerprint density at radius 2 is 1.71 bits per heavy atom. The minimum absolute atomic E-state index is 0.101. The van der Waals surface area contributed by atoms with E-state index in [1.165, 1.54) is 14.2 Å². The molecule has 0 heterocycles. The number of ether oxygens (including phenoxy) is 3. The van der Waals surface area contributed by atoms with Crippen molar-refractivity contribution in [1.82, 2.24) is 10.6 Å². The Morgan fingerprint density at radius 1 is 0.964 bits per heavy atom. The number of amides is 2. The minimum atomic E-state index is -0.288. The zero-order valence-corrected chi connectivity index (χ0v) is 16.8. The molecule has 0 spiro atoms. The number of halogens is 1. The first-order valence-corrected chi connectivity index (χ1v) is 9.04. The Morgan fingerprint density at radius 3 is 2.39 bits per heavy atom. The van der Waals surface area contributed by atoms with Crippen LogP contribution in [0.2, 0.25) is 5.02 Å². The summed E-state index contributed by atoms with van der Waals surface area (Å²) >= 11 is 5.92. The summed E-state index contributed by atoms with van der Waals surface area (Å²) in [6.07, 6.45) is 0. The second-order valence-electron chi connectivity index (χ2n) is 5.75. The third-order valence-corrected chi connectivity index (χ3v) is 4.06. The highest BCUT2D eigenvalue weighted by Gasteiger charge is 2.13. The number of rotatable bonds is 9. The molecule has 2 N–H and O–H groups in total. The molecule has 2 rings (SSSR count). The fourth-order valence-electron chi connectivity index (χ4n) is 2.46. The Kier molecular flexibility index (Phi) is 7.95. The third kappa shape index (κ3) is 5.79. The number of hydrogen-bond donors (Lipinski definition) is 2. The van der Waals surface area contributed by atoms with E-state index in [1.807, 2.05) is 6.92 Å². The van der Waals surface area contributed by atoms with Crippen LogP contribution in [0.3, 0.4) is 0 Å². The van der Waals surface area contributed by atoms with Gasteiger partial charge in [0.15, 0.2) is 18.1 Å². The van der Waals surface area contributed by atoms with E-state index >= 15 is 0 Å². The second-order valence-corrected chi connectivity index (χ2v) is 6.19. The molecular formula is C20H23ClN2O5. The predicted octanol–water partition coefficient (Wildman–Crippen LogP) is 2.80. The standard InChI is InChI=1S/C20H23ClN2O5/c1-4-22-19(24)12-28-16-8-5-13(9-18(16)27-3)11-23-20(25)15-7-6-14(21)10-17(15)26-2/h5-10H,4,11-12H2,1-3H3,(H,22,24)(H,23,25). The number of benzene rings is 2. The first-order chi connectivity index (χ1) is 13.5. The summed E-state index contributed by atoms with van der Waals surface area (Å²) in [4.78, 5) is 24.0. The van der Waals surface area contributed by atoms with Crippen LogP contribution in [0.25, 0.3) is 0 Å². The lowest BCUT2D eigenvalue weighted by atomic mass is 10.1. The van der Waals surface area contributed by atoms with Gasteiger partial charge in [-0.1, -0.05) is 17.7 Å². The summed E-state index contributed by atoms with van der Waals surface area (Å²) in [7, 11) is 2.99. The molecule has 0 fully saturated rings. The van der Waals surface area contributed by atoms with Crippen molar-refractivity contribution >= 4 is 23.4 Å². The molecule has 0 atom stereocenters. The number of hydrogen-bond acceptors (Lipinski definition) is 5. The van der Waals surface area contributed by atoms with Gasteiger partial charge in [-0.3, -0.25) is 9.59 Å². The van der Waals surface area contributed by atoms with Crippen LogP contribution in [0.15, 0.2) is 36.4 Å². The van der Waals surface area contributed by atoms with Crippen molar-refractivity contribution < 1.29 is 23.8 Å². The Hall–Kier alpha value is -2.93. The zero-order chi connectivity index (χ0) is 20.5. The molecule has 2 amide bonds. The molecule has 150 valence electrons. The smallest absolute Gasteiger partial charge is 0.257 e. The number of carbonyl (C=O) groups excluding carboxylic acids is 2. The summed E-state index contributed by atoms with van der Waals surface area (Å²) in [5.41, 5.74) is 1.20. The lowest BCUT2D eigenvalue weighted by Gasteiger charge is -2.13. The molecule has 0 aromatic heterocycles. The largest absolute Gasteiger partial charge is 0.496 e. The van der Waals surface area contributed by atoms with Gasteiger partial charge < -0.3 is 24.8 Å². The van der Waals surface area contributed by atoms with Crippen molar-refractivity contribution in [2.75, 3.05) is 27.4 Å². The fourth-order valence-corrected chi connectivity index (χ4v) is 2.62. The minimum Gasteiger partial charge on any atom is -0.496 e. The van der Waals surface area contributed by atoms with Crippen LogP contribution in [-0.4, -0.2) is 39.2 Å². The SMILES string of the molecule is CCNC(=O)COc1ccc(CNC(=O)c2ccc(Cl)cc2OC)cc1OC. The van der Waals surface area contributed by atoms with Gasteiger partial charge in [-0.15, -0.1) is 0 Å². The first kappa shape index (κ1) is 21.4. The van der Waals surface area contributed by atoms with Crippen LogP contribution in [-0.2, 0) is 11.3 Å². The zero-order valence-electron chi connectivity index (χ0n) is 16.0. The molecule has 0 radical (unpaired) electrons. The van der Waals surface area contributed by atoms with Gasteiger partial charge in [-0.2, -0.15) is 0 Å². The van der Waals surface area contributed by atoms with Gasteiger partial charge in [0, 0.05) is 18.1 Å². The molecular weight excluding hydrogens is 384 g/mol. The van der Waals surface area contributed by atoms with Gasteiger partial charge in [0.05, 0.1) is 19.8 Å². The van der Waals surface area contributed by atoms with Crippen molar-refractivity contribution in [2.45, 2.75) is 13.5 Å². The van der Waals surface area contributed by atoms with Gasteiger partial charge >= 0.3 is 0 Å². The Labute approximate surface area is 168 Å². The van der Waals surface area contributed by atoms with Crippen molar-refractivity contribution in [3.8, 4) is 17.2 Å². The highest BCUT2D eigenvalue weighted by molar-refractivity contribution is 6.30. The molecule has 0 saturated heterocycles. The average Bonchev–Trinajstić information content (AvgIpc) is 2.70. The van der Waals surface area contributed by atoms with Gasteiger partial charge in [0.1, 0.15) is 5.75 Å². The Bertz CT molecular complexity index is 841. The lowest BCUT2D eigenvalue weighted by molar-refractivity contribution is -0.123. The molecule has 0 aliphatic carbocycles. The van der Waals surface area contributed by atoms with Crippen LogP contribution >= 0.6 is 11.6 Å². The molecule has 0 bridgehead atoms. The maximum atomic E-state index is 12.4.